The van der Waals surface area contributed by atoms with Crippen molar-refractivity contribution < 1.29 is 9.53 Å². The van der Waals surface area contributed by atoms with Gasteiger partial charge in [0, 0.05) is 16.2 Å². The highest BCUT2D eigenvalue weighted by Crippen LogP contribution is 2.08. The zero-order chi connectivity index (χ0) is 12.0. The van der Waals surface area contributed by atoms with E-state index in [1.807, 2.05) is 0 Å². The van der Waals surface area contributed by atoms with Crippen LogP contribution in [-0.4, -0.2) is 17.6 Å². The molecule has 1 aromatic rings. The molecule has 5 heteroatoms. The number of nitrogens with one attached hydrogen (secondary N) is 1. The Morgan fingerprint density at radius 1 is 1.62 bits per heavy atom. The SMILES string of the molecule is CCOC(=O)CC=Cc1cc(Br)c[nH]c1=O. The number of hydrogen-bond acceptors (Lipinski definition) is 3. The first-order valence-electron chi connectivity index (χ1n) is 4.84. The monoisotopic (exact) mass is 285 g/mol. The number of aromatic amines is 1. The van der Waals surface area contributed by atoms with Crippen molar-refractivity contribution in [1.82, 2.24) is 4.98 Å². The minimum absolute atomic E-state index is 0.166. The Kier molecular flexibility index (Phi) is 4.98. The first kappa shape index (κ1) is 12.7. The molecule has 0 spiro atoms. The molecule has 0 fully saturated rings. The molecule has 16 heavy (non-hydrogen) atoms. The van der Waals surface area contributed by atoms with Gasteiger partial charge in [-0.2, -0.15) is 0 Å². The van der Waals surface area contributed by atoms with Crippen molar-refractivity contribution in [3.8, 4) is 0 Å². The first-order valence-corrected chi connectivity index (χ1v) is 5.63. The van der Waals surface area contributed by atoms with Gasteiger partial charge >= 0.3 is 5.97 Å². The molecule has 1 heterocycles. The van der Waals surface area contributed by atoms with Crippen LogP contribution in [0.25, 0.3) is 6.08 Å². The second-order valence-corrected chi connectivity index (χ2v) is 3.93. The van der Waals surface area contributed by atoms with E-state index in [4.69, 9.17) is 4.74 Å². The van der Waals surface area contributed by atoms with E-state index in [1.165, 1.54) is 0 Å². The van der Waals surface area contributed by atoms with E-state index in [9.17, 15) is 9.59 Å². The molecule has 0 unspecified atom stereocenters. The van der Waals surface area contributed by atoms with Gasteiger partial charge in [-0.1, -0.05) is 12.2 Å². The van der Waals surface area contributed by atoms with E-state index < -0.39 is 0 Å². The van der Waals surface area contributed by atoms with Crippen molar-refractivity contribution in [1.29, 1.82) is 0 Å². The van der Waals surface area contributed by atoms with Crippen LogP contribution >= 0.6 is 15.9 Å². The standard InChI is InChI=1S/C11H12BrNO3/c1-2-16-10(14)5-3-4-8-6-9(12)7-13-11(8)15/h3-4,6-7H,2,5H2,1H3,(H,13,15). The van der Waals surface area contributed by atoms with E-state index in [-0.39, 0.29) is 17.9 Å². The predicted molar refractivity (Wildman–Crippen MR) is 65.0 cm³/mol. The Hall–Kier alpha value is -1.36. The van der Waals surface area contributed by atoms with Gasteiger partial charge in [-0.3, -0.25) is 9.59 Å². The van der Waals surface area contributed by atoms with Crippen LogP contribution in [0.15, 0.2) is 27.6 Å². The summed E-state index contributed by atoms with van der Waals surface area (Å²) in [4.78, 5) is 24.9. The van der Waals surface area contributed by atoms with E-state index in [2.05, 4.69) is 20.9 Å². The number of aromatic nitrogens is 1. The molecule has 0 aliphatic carbocycles. The second kappa shape index (κ2) is 6.27. The maximum atomic E-state index is 11.3. The summed E-state index contributed by atoms with van der Waals surface area (Å²) in [7, 11) is 0. The largest absolute Gasteiger partial charge is 0.466 e. The van der Waals surface area contributed by atoms with Crippen LogP contribution in [0.1, 0.15) is 18.9 Å². The van der Waals surface area contributed by atoms with Crippen LogP contribution in [0, 0.1) is 0 Å². The summed E-state index contributed by atoms with van der Waals surface area (Å²) in [5, 5.41) is 0. The highest BCUT2D eigenvalue weighted by atomic mass is 79.9. The number of carbonyl (C=O) groups excluding carboxylic acids is 1. The summed E-state index contributed by atoms with van der Waals surface area (Å²) >= 11 is 3.25. The van der Waals surface area contributed by atoms with E-state index >= 15 is 0 Å². The Balaban J connectivity index is 2.66. The Labute approximate surface area is 101 Å². The normalized spacial score (nSPS) is 10.6. The zero-order valence-electron chi connectivity index (χ0n) is 8.83. The quantitative estimate of drug-likeness (QED) is 0.862. The van der Waals surface area contributed by atoms with Crippen LogP contribution in [-0.2, 0) is 9.53 Å². The highest BCUT2D eigenvalue weighted by Gasteiger charge is 1.98. The number of halogens is 1. The topological polar surface area (TPSA) is 59.2 Å². The molecule has 0 saturated heterocycles. The number of hydrogen-bond donors (Lipinski definition) is 1. The number of carbonyl (C=O) groups is 1. The Bertz CT molecular complexity index is 451. The fourth-order valence-electron chi connectivity index (χ4n) is 1.10. The van der Waals surface area contributed by atoms with Gasteiger partial charge in [-0.25, -0.2) is 0 Å². The molecule has 1 rings (SSSR count). The molecule has 0 aliphatic rings. The molecule has 1 aromatic heterocycles. The number of pyridine rings is 1. The van der Waals surface area contributed by atoms with Crippen molar-refractivity contribution in [2.45, 2.75) is 13.3 Å². The van der Waals surface area contributed by atoms with Gasteiger partial charge in [0.1, 0.15) is 0 Å². The van der Waals surface area contributed by atoms with Gasteiger partial charge in [0.2, 0.25) is 0 Å². The highest BCUT2D eigenvalue weighted by molar-refractivity contribution is 9.10. The maximum Gasteiger partial charge on any atom is 0.309 e. The Morgan fingerprint density at radius 3 is 3.06 bits per heavy atom. The fourth-order valence-corrected chi connectivity index (χ4v) is 1.46. The third-order valence-corrected chi connectivity index (χ3v) is 2.24. The molecule has 0 aliphatic heterocycles. The van der Waals surface area contributed by atoms with Gasteiger partial charge in [0.25, 0.3) is 5.56 Å². The van der Waals surface area contributed by atoms with Crippen LogP contribution in [0.5, 0.6) is 0 Å². The third kappa shape index (κ3) is 4.02. The third-order valence-electron chi connectivity index (χ3n) is 1.78. The smallest absolute Gasteiger partial charge is 0.309 e. The van der Waals surface area contributed by atoms with Crippen LogP contribution in [0.2, 0.25) is 0 Å². The molecule has 0 saturated carbocycles. The van der Waals surface area contributed by atoms with Crippen molar-refractivity contribution in [2.24, 2.45) is 0 Å². The summed E-state index contributed by atoms with van der Waals surface area (Å²) in [6, 6.07) is 1.68. The molecule has 0 radical (unpaired) electrons. The molecule has 1 N–H and O–H groups in total. The van der Waals surface area contributed by atoms with E-state index in [0.29, 0.717) is 12.2 Å². The molecule has 0 aromatic carbocycles. The molecule has 4 nitrogen and oxygen atoms in total. The lowest BCUT2D eigenvalue weighted by Crippen LogP contribution is -2.08. The summed E-state index contributed by atoms with van der Waals surface area (Å²) in [5.41, 5.74) is 0.307. The van der Waals surface area contributed by atoms with Crippen molar-refractivity contribution in [2.75, 3.05) is 6.61 Å². The van der Waals surface area contributed by atoms with Gasteiger partial charge in [0.05, 0.1) is 13.0 Å². The summed E-state index contributed by atoms with van der Waals surface area (Å²) in [6.45, 7) is 2.12. The first-order chi connectivity index (χ1) is 7.63. The van der Waals surface area contributed by atoms with Gasteiger partial charge in [0.15, 0.2) is 0 Å². The minimum atomic E-state index is -0.301. The average molecular weight is 286 g/mol. The van der Waals surface area contributed by atoms with Crippen molar-refractivity contribution >= 4 is 28.0 Å². The lowest BCUT2D eigenvalue weighted by Gasteiger charge is -1.97. The molecule has 86 valence electrons. The molecule has 0 amide bonds. The van der Waals surface area contributed by atoms with Gasteiger partial charge in [-0.15, -0.1) is 0 Å². The molecular formula is C11H12BrNO3. The van der Waals surface area contributed by atoms with Gasteiger partial charge < -0.3 is 9.72 Å². The molecule has 0 atom stereocenters. The lowest BCUT2D eigenvalue weighted by molar-refractivity contribution is -0.142. The zero-order valence-corrected chi connectivity index (χ0v) is 10.4. The minimum Gasteiger partial charge on any atom is -0.466 e. The lowest BCUT2D eigenvalue weighted by atomic mass is 10.2. The summed E-state index contributed by atoms with van der Waals surface area (Å²) in [5.74, 6) is -0.301. The molecular weight excluding hydrogens is 274 g/mol. The van der Waals surface area contributed by atoms with Gasteiger partial charge in [-0.05, 0) is 28.9 Å². The van der Waals surface area contributed by atoms with E-state index in [0.717, 1.165) is 4.47 Å². The number of ether oxygens (including phenoxy) is 1. The van der Waals surface area contributed by atoms with Crippen LogP contribution in [0.4, 0.5) is 0 Å². The van der Waals surface area contributed by atoms with Crippen molar-refractivity contribution in [3.63, 3.8) is 0 Å². The second-order valence-electron chi connectivity index (χ2n) is 3.01. The molecule has 0 bridgehead atoms. The number of H-pyrrole nitrogens is 1. The fraction of sp³-hybridized carbons (Fsp3) is 0.273. The van der Waals surface area contributed by atoms with E-state index in [1.54, 1.807) is 31.3 Å². The predicted octanol–water partition coefficient (Wildman–Crippen LogP) is 2.10. The van der Waals surface area contributed by atoms with Crippen molar-refractivity contribution in [3.05, 3.63) is 38.7 Å². The Morgan fingerprint density at radius 2 is 2.38 bits per heavy atom. The average Bonchev–Trinajstić information content (AvgIpc) is 2.23. The number of esters is 1. The summed E-state index contributed by atoms with van der Waals surface area (Å²) in [6.07, 6.45) is 4.93. The maximum absolute atomic E-state index is 11.3. The summed E-state index contributed by atoms with van der Waals surface area (Å²) < 4.78 is 5.53. The van der Waals surface area contributed by atoms with Crippen LogP contribution in [0.3, 0.4) is 0 Å². The van der Waals surface area contributed by atoms with Crippen LogP contribution < -0.4 is 5.56 Å². The number of rotatable bonds is 4.